The van der Waals surface area contributed by atoms with Gasteiger partial charge in [0.1, 0.15) is 12.4 Å². The second kappa shape index (κ2) is 14.2. The van der Waals surface area contributed by atoms with Crippen LogP contribution in [0.1, 0.15) is 63.8 Å². The monoisotopic (exact) mass is 400 g/mol. The molecule has 3 rings (SSSR count). The SMILES string of the molecule is CC.CC.CN1CCNC1(C)C.Cc1cc(C)c(OCc2ccccc2)c(C)c1. The van der Waals surface area contributed by atoms with E-state index in [1.165, 1.54) is 28.8 Å². The Morgan fingerprint density at radius 2 is 1.45 bits per heavy atom. The molecule has 2 aromatic rings. The van der Waals surface area contributed by atoms with E-state index in [-0.39, 0.29) is 5.66 Å². The molecular formula is C26H44N2O. The lowest BCUT2D eigenvalue weighted by atomic mass is 10.1. The van der Waals surface area contributed by atoms with Gasteiger partial charge in [-0.25, -0.2) is 0 Å². The number of nitrogens with zero attached hydrogens (tertiary/aromatic N) is 1. The molecule has 0 aliphatic carbocycles. The maximum atomic E-state index is 5.91. The Morgan fingerprint density at radius 3 is 1.83 bits per heavy atom. The van der Waals surface area contributed by atoms with Gasteiger partial charge in [-0.1, -0.05) is 75.7 Å². The van der Waals surface area contributed by atoms with Gasteiger partial charge < -0.3 is 4.74 Å². The summed E-state index contributed by atoms with van der Waals surface area (Å²) in [6, 6.07) is 14.6. The fourth-order valence-corrected chi connectivity index (χ4v) is 3.07. The molecule has 1 fully saturated rings. The van der Waals surface area contributed by atoms with Gasteiger partial charge in [-0.2, -0.15) is 0 Å². The average molecular weight is 401 g/mol. The van der Waals surface area contributed by atoms with Crippen LogP contribution in [-0.4, -0.2) is 30.7 Å². The maximum Gasteiger partial charge on any atom is 0.125 e. The molecule has 1 aliphatic heterocycles. The van der Waals surface area contributed by atoms with Gasteiger partial charge in [-0.15, -0.1) is 0 Å². The first kappa shape index (κ1) is 27.2. The van der Waals surface area contributed by atoms with Crippen molar-refractivity contribution < 1.29 is 4.74 Å². The molecule has 0 amide bonds. The fourth-order valence-electron chi connectivity index (χ4n) is 3.07. The van der Waals surface area contributed by atoms with Crippen molar-refractivity contribution in [2.75, 3.05) is 20.1 Å². The minimum Gasteiger partial charge on any atom is -0.488 e. The normalized spacial score (nSPS) is 14.4. The third-order valence-corrected chi connectivity index (χ3v) is 4.79. The number of hydrogen-bond acceptors (Lipinski definition) is 3. The molecule has 0 atom stereocenters. The number of rotatable bonds is 3. The van der Waals surface area contributed by atoms with Crippen LogP contribution in [0.25, 0.3) is 0 Å². The Balaban J connectivity index is 0.000000547. The smallest absolute Gasteiger partial charge is 0.125 e. The van der Waals surface area contributed by atoms with Crippen molar-refractivity contribution in [3.63, 3.8) is 0 Å². The Morgan fingerprint density at radius 1 is 0.931 bits per heavy atom. The Kier molecular flexibility index (Phi) is 13.3. The molecule has 1 heterocycles. The van der Waals surface area contributed by atoms with Crippen molar-refractivity contribution in [1.82, 2.24) is 10.2 Å². The molecule has 3 nitrogen and oxygen atoms in total. The summed E-state index contributed by atoms with van der Waals surface area (Å²) in [4.78, 5) is 2.31. The Bertz CT molecular complexity index is 657. The molecule has 0 bridgehead atoms. The van der Waals surface area contributed by atoms with Gasteiger partial charge in [0.15, 0.2) is 0 Å². The molecule has 0 radical (unpaired) electrons. The summed E-state index contributed by atoms with van der Waals surface area (Å²) in [5.41, 5.74) is 5.13. The highest BCUT2D eigenvalue weighted by molar-refractivity contribution is 5.43. The summed E-state index contributed by atoms with van der Waals surface area (Å²) in [7, 11) is 2.14. The van der Waals surface area contributed by atoms with Crippen LogP contribution in [-0.2, 0) is 6.61 Å². The maximum absolute atomic E-state index is 5.91. The van der Waals surface area contributed by atoms with Gasteiger partial charge in [0, 0.05) is 13.1 Å². The van der Waals surface area contributed by atoms with Crippen LogP contribution in [0.15, 0.2) is 42.5 Å². The number of hydrogen-bond donors (Lipinski definition) is 1. The minimum atomic E-state index is 0.236. The van der Waals surface area contributed by atoms with Gasteiger partial charge in [-0.05, 0) is 58.4 Å². The van der Waals surface area contributed by atoms with Crippen molar-refractivity contribution in [3.05, 3.63) is 64.7 Å². The molecule has 0 unspecified atom stereocenters. The number of aryl methyl sites for hydroxylation is 3. The van der Waals surface area contributed by atoms with Gasteiger partial charge in [0.05, 0.1) is 5.66 Å². The highest BCUT2D eigenvalue weighted by Crippen LogP contribution is 2.25. The first-order valence-corrected chi connectivity index (χ1v) is 11.0. The van der Waals surface area contributed by atoms with E-state index < -0.39 is 0 Å². The standard InChI is InChI=1S/C16H18O.C6H14N2.2C2H6/c1-12-9-13(2)16(14(3)10-12)17-11-15-7-5-4-6-8-15;1-6(2)7-4-5-8(6)3;2*1-2/h4-10H,11H2,1-3H3;7H,4-5H2,1-3H3;2*1-2H3. The van der Waals surface area contributed by atoms with Gasteiger partial charge in [-0.3, -0.25) is 10.2 Å². The van der Waals surface area contributed by atoms with E-state index in [1.54, 1.807) is 0 Å². The Hall–Kier alpha value is -1.84. The zero-order chi connectivity index (χ0) is 22.4. The van der Waals surface area contributed by atoms with E-state index in [0.717, 1.165) is 12.3 Å². The Labute approximate surface area is 180 Å². The van der Waals surface area contributed by atoms with Gasteiger partial charge in [0.25, 0.3) is 0 Å². The third-order valence-electron chi connectivity index (χ3n) is 4.79. The zero-order valence-corrected chi connectivity index (χ0v) is 20.5. The summed E-state index contributed by atoms with van der Waals surface area (Å²) >= 11 is 0. The molecule has 1 aliphatic rings. The molecule has 164 valence electrons. The average Bonchev–Trinajstić information content (AvgIpc) is 3.02. The first-order valence-electron chi connectivity index (χ1n) is 11.0. The van der Waals surface area contributed by atoms with E-state index >= 15 is 0 Å². The summed E-state index contributed by atoms with van der Waals surface area (Å²) in [5, 5.41) is 3.37. The van der Waals surface area contributed by atoms with Crippen molar-refractivity contribution in [2.45, 2.75) is 74.6 Å². The molecule has 1 saturated heterocycles. The molecule has 2 aromatic carbocycles. The highest BCUT2D eigenvalue weighted by atomic mass is 16.5. The van der Waals surface area contributed by atoms with E-state index in [0.29, 0.717) is 6.61 Å². The van der Waals surface area contributed by atoms with E-state index in [4.69, 9.17) is 4.74 Å². The van der Waals surface area contributed by atoms with Crippen molar-refractivity contribution >= 4 is 0 Å². The van der Waals surface area contributed by atoms with Gasteiger partial charge in [0.2, 0.25) is 0 Å². The van der Waals surface area contributed by atoms with Crippen LogP contribution in [0.4, 0.5) is 0 Å². The molecule has 29 heavy (non-hydrogen) atoms. The summed E-state index contributed by atoms with van der Waals surface area (Å²) in [6.07, 6.45) is 0. The van der Waals surface area contributed by atoms with Crippen LogP contribution in [0.5, 0.6) is 5.75 Å². The molecule has 3 heteroatoms. The molecule has 1 N–H and O–H groups in total. The molecule has 0 saturated carbocycles. The number of nitrogens with one attached hydrogen (secondary N) is 1. The first-order chi connectivity index (χ1) is 13.8. The third kappa shape index (κ3) is 9.47. The predicted molar refractivity (Wildman–Crippen MR) is 129 cm³/mol. The number of benzene rings is 2. The van der Waals surface area contributed by atoms with Crippen LogP contribution in [0, 0.1) is 20.8 Å². The highest BCUT2D eigenvalue weighted by Gasteiger charge is 2.27. The van der Waals surface area contributed by atoms with Gasteiger partial charge >= 0.3 is 0 Å². The van der Waals surface area contributed by atoms with Crippen molar-refractivity contribution in [3.8, 4) is 5.75 Å². The van der Waals surface area contributed by atoms with E-state index in [2.05, 4.69) is 76.1 Å². The van der Waals surface area contributed by atoms with Crippen molar-refractivity contribution in [1.29, 1.82) is 0 Å². The summed E-state index contributed by atoms with van der Waals surface area (Å²) < 4.78 is 5.91. The quantitative estimate of drug-likeness (QED) is 0.636. The van der Waals surface area contributed by atoms with Crippen LogP contribution in [0.3, 0.4) is 0 Å². The molecular weight excluding hydrogens is 356 g/mol. The topological polar surface area (TPSA) is 24.5 Å². The molecule has 0 spiro atoms. The predicted octanol–water partition coefficient (Wildman–Crippen LogP) is 6.50. The van der Waals surface area contributed by atoms with E-state index in [1.807, 2.05) is 45.9 Å². The number of ether oxygens (including phenoxy) is 1. The molecule has 0 aromatic heterocycles. The lowest BCUT2D eigenvalue weighted by Crippen LogP contribution is -2.43. The largest absolute Gasteiger partial charge is 0.488 e. The van der Waals surface area contributed by atoms with E-state index in [9.17, 15) is 0 Å². The van der Waals surface area contributed by atoms with Crippen molar-refractivity contribution in [2.24, 2.45) is 0 Å². The van der Waals surface area contributed by atoms with Crippen LogP contribution >= 0.6 is 0 Å². The second-order valence-electron chi connectivity index (χ2n) is 7.41. The summed E-state index contributed by atoms with van der Waals surface area (Å²) in [6.45, 7) is 21.6. The second-order valence-corrected chi connectivity index (χ2v) is 7.41. The van der Waals surface area contributed by atoms with Crippen LogP contribution in [0.2, 0.25) is 0 Å². The summed E-state index contributed by atoms with van der Waals surface area (Å²) in [5.74, 6) is 1.01. The lowest BCUT2D eigenvalue weighted by Gasteiger charge is -2.26. The minimum absolute atomic E-state index is 0.236. The number of likely N-dealkylation sites (N-methyl/N-ethyl adjacent to an activating group) is 1. The lowest BCUT2D eigenvalue weighted by molar-refractivity contribution is 0.197. The van der Waals surface area contributed by atoms with Crippen LogP contribution < -0.4 is 10.1 Å². The fraction of sp³-hybridized carbons (Fsp3) is 0.538. The zero-order valence-electron chi connectivity index (χ0n) is 20.5.